The molecule has 0 fully saturated rings. The minimum Gasteiger partial charge on any atom is -0.406 e. The van der Waals surface area contributed by atoms with Crippen LogP contribution in [0.15, 0.2) is 48.5 Å². The van der Waals surface area contributed by atoms with E-state index in [2.05, 4.69) is 8.92 Å². The summed E-state index contributed by atoms with van der Waals surface area (Å²) in [5.41, 5.74) is 4.86. The summed E-state index contributed by atoms with van der Waals surface area (Å²) >= 11 is -1.91. The van der Waals surface area contributed by atoms with Crippen LogP contribution in [-0.2, 0) is 21.2 Å². The van der Waals surface area contributed by atoms with Crippen molar-refractivity contribution in [1.29, 1.82) is 0 Å². The number of nitrogens with two attached hydrogens (primary N) is 1. The number of amides is 1. The molecule has 0 aliphatic carbocycles. The number of alkyl halides is 5. The summed E-state index contributed by atoms with van der Waals surface area (Å²) in [5.74, 6) is -5.01. The molecule has 1 atom stereocenters. The van der Waals surface area contributed by atoms with Crippen molar-refractivity contribution >= 4 is 27.9 Å². The van der Waals surface area contributed by atoms with Crippen LogP contribution in [0.3, 0.4) is 0 Å². The number of hydrogen-bond acceptors (Lipinski definition) is 4. The van der Waals surface area contributed by atoms with E-state index in [1.165, 1.54) is 24.3 Å². The Kier molecular flexibility index (Phi) is 6.05. The van der Waals surface area contributed by atoms with Gasteiger partial charge in [0, 0.05) is 29.0 Å². The highest BCUT2D eigenvalue weighted by Crippen LogP contribution is 2.33. The van der Waals surface area contributed by atoms with Crippen LogP contribution >= 0.6 is 0 Å². The highest BCUT2D eigenvalue weighted by molar-refractivity contribution is 7.79. The normalized spacial score (nSPS) is 13.4. The molecule has 1 aromatic heterocycles. The van der Waals surface area contributed by atoms with Crippen molar-refractivity contribution in [3.8, 4) is 11.4 Å². The van der Waals surface area contributed by atoms with Gasteiger partial charge in [-0.05, 0) is 30.3 Å². The van der Waals surface area contributed by atoms with Crippen molar-refractivity contribution in [3.05, 3.63) is 59.8 Å². The molecular formula is C19H15F5N2O4S. The number of aromatic nitrogens is 1. The van der Waals surface area contributed by atoms with Crippen LogP contribution in [-0.4, -0.2) is 33.9 Å². The van der Waals surface area contributed by atoms with E-state index in [0.29, 0.717) is 5.39 Å². The van der Waals surface area contributed by atoms with Crippen LogP contribution in [0, 0.1) is 0 Å². The summed E-state index contributed by atoms with van der Waals surface area (Å²) < 4.78 is 87.2. The van der Waals surface area contributed by atoms with Crippen molar-refractivity contribution in [2.24, 2.45) is 5.73 Å². The summed E-state index contributed by atoms with van der Waals surface area (Å²) in [6, 6.07) is 9.45. The fourth-order valence-electron chi connectivity index (χ4n) is 2.95. The van der Waals surface area contributed by atoms with Gasteiger partial charge in [0.25, 0.3) is 11.8 Å². The van der Waals surface area contributed by atoms with Gasteiger partial charge < -0.3 is 15.0 Å². The monoisotopic (exact) mass is 462 g/mol. The Morgan fingerprint density at radius 3 is 2.42 bits per heavy atom. The van der Waals surface area contributed by atoms with Gasteiger partial charge in [-0.25, -0.2) is 4.21 Å². The molecule has 1 amide bonds. The van der Waals surface area contributed by atoms with Crippen LogP contribution in [0.5, 0.6) is 5.75 Å². The molecule has 3 aromatic rings. The summed E-state index contributed by atoms with van der Waals surface area (Å²) in [5, 5.41) is 0.338. The second kappa shape index (κ2) is 8.27. The number of halogens is 5. The molecule has 6 nitrogen and oxygen atoms in total. The lowest BCUT2D eigenvalue weighted by Crippen LogP contribution is -2.22. The van der Waals surface area contributed by atoms with Crippen LogP contribution in [0.4, 0.5) is 22.0 Å². The number of fused-ring (bicyclic) bond motifs is 1. The van der Waals surface area contributed by atoms with E-state index < -0.39 is 47.2 Å². The molecule has 12 heteroatoms. The lowest BCUT2D eigenvalue weighted by molar-refractivity contribution is -0.274. The Balaban J connectivity index is 2.14. The molecule has 0 aliphatic heterocycles. The molecule has 2 N–H and O–H groups in total. The number of hydrogen-bond donors (Lipinski definition) is 1. The largest absolute Gasteiger partial charge is 0.573 e. The van der Waals surface area contributed by atoms with Gasteiger partial charge in [0.1, 0.15) is 18.1 Å². The molecule has 3 rings (SSSR count). The number of rotatable bonds is 7. The Hall–Kier alpha value is -2.99. The van der Waals surface area contributed by atoms with E-state index in [1.807, 2.05) is 0 Å². The van der Waals surface area contributed by atoms with Crippen LogP contribution in [0.1, 0.15) is 16.1 Å². The van der Waals surface area contributed by atoms with Gasteiger partial charge >= 0.3 is 6.36 Å². The Bertz CT molecular complexity index is 1160. The minimum absolute atomic E-state index is 0.0442. The van der Waals surface area contributed by atoms with E-state index in [4.69, 9.17) is 5.73 Å². The molecule has 0 radical (unpaired) electrons. The third-order valence-electron chi connectivity index (χ3n) is 4.19. The second-order valence-corrected chi connectivity index (χ2v) is 7.45. The third kappa shape index (κ3) is 5.20. The minimum atomic E-state index is -4.95. The van der Waals surface area contributed by atoms with Gasteiger partial charge in [-0.15, -0.1) is 13.2 Å². The third-order valence-corrected chi connectivity index (χ3v) is 4.64. The van der Waals surface area contributed by atoms with Crippen molar-refractivity contribution < 1.29 is 39.9 Å². The predicted octanol–water partition coefficient (Wildman–Crippen LogP) is 4.03. The van der Waals surface area contributed by atoms with Crippen molar-refractivity contribution in [2.45, 2.75) is 12.3 Å². The first-order chi connectivity index (χ1) is 14.4. The van der Waals surface area contributed by atoms with E-state index in [0.717, 1.165) is 35.1 Å². The van der Waals surface area contributed by atoms with Crippen LogP contribution in [0.2, 0.25) is 0 Å². The first-order valence-corrected chi connectivity index (χ1v) is 10.0. The maximum atomic E-state index is 14.5. The average Bonchev–Trinajstić information content (AvgIpc) is 3.04. The fraction of sp³-hybridized carbons (Fsp3) is 0.211. The number of ether oxygens (including phenoxy) is 1. The molecule has 166 valence electrons. The van der Waals surface area contributed by atoms with Gasteiger partial charge in [-0.2, -0.15) is 8.78 Å². The molecule has 0 aliphatic rings. The number of carbonyl (C=O) groups excluding carboxylic acids is 1. The van der Waals surface area contributed by atoms with Crippen molar-refractivity contribution in [3.63, 3.8) is 0 Å². The van der Waals surface area contributed by atoms with Crippen LogP contribution in [0.25, 0.3) is 16.6 Å². The van der Waals surface area contributed by atoms with Gasteiger partial charge in [0.15, 0.2) is 11.1 Å². The summed E-state index contributed by atoms with van der Waals surface area (Å²) in [6.45, 7) is -1.15. The molecule has 0 saturated carbocycles. The second-order valence-electron chi connectivity index (χ2n) is 6.42. The van der Waals surface area contributed by atoms with E-state index in [1.54, 1.807) is 0 Å². The smallest absolute Gasteiger partial charge is 0.406 e. The highest BCUT2D eigenvalue weighted by Gasteiger charge is 2.34. The highest BCUT2D eigenvalue weighted by atomic mass is 32.2. The van der Waals surface area contributed by atoms with Crippen molar-refractivity contribution in [2.75, 3.05) is 12.9 Å². The molecular weight excluding hydrogens is 447 g/mol. The average molecular weight is 462 g/mol. The summed E-state index contributed by atoms with van der Waals surface area (Å²) in [4.78, 5) is 11.9. The predicted molar refractivity (Wildman–Crippen MR) is 102 cm³/mol. The zero-order valence-corrected chi connectivity index (χ0v) is 16.6. The fourth-order valence-corrected chi connectivity index (χ4v) is 3.26. The van der Waals surface area contributed by atoms with E-state index in [9.17, 15) is 31.0 Å². The lowest BCUT2D eigenvalue weighted by atomic mass is 10.1. The molecule has 1 heterocycles. The van der Waals surface area contributed by atoms with E-state index in [-0.39, 0.29) is 16.9 Å². The zero-order chi connectivity index (χ0) is 23.0. The molecule has 31 heavy (non-hydrogen) atoms. The SMILES string of the molecule is CS(=O)OCC(F)(F)c1cccc(-n2c(C(N)=O)cc3ccc(OC(F)(F)F)cc32)c1. The maximum absolute atomic E-state index is 14.5. The van der Waals surface area contributed by atoms with Crippen LogP contribution < -0.4 is 10.5 Å². The number of nitrogens with zero attached hydrogens (tertiary/aromatic N) is 1. The molecule has 0 bridgehead atoms. The van der Waals surface area contributed by atoms with Gasteiger partial charge in [0.2, 0.25) is 0 Å². The van der Waals surface area contributed by atoms with Gasteiger partial charge in [0.05, 0.1) is 5.52 Å². The quantitative estimate of drug-likeness (QED) is 0.538. The topological polar surface area (TPSA) is 83.5 Å². The Morgan fingerprint density at radius 2 is 1.81 bits per heavy atom. The summed E-state index contributed by atoms with van der Waals surface area (Å²) in [6.07, 6.45) is -3.85. The van der Waals surface area contributed by atoms with E-state index >= 15 is 0 Å². The van der Waals surface area contributed by atoms with Crippen molar-refractivity contribution in [1.82, 2.24) is 4.57 Å². The molecule has 0 saturated heterocycles. The molecule has 1 unspecified atom stereocenters. The van der Waals surface area contributed by atoms with Gasteiger partial charge in [-0.3, -0.25) is 8.98 Å². The zero-order valence-electron chi connectivity index (χ0n) is 15.8. The maximum Gasteiger partial charge on any atom is 0.573 e. The lowest BCUT2D eigenvalue weighted by Gasteiger charge is -2.18. The first-order valence-electron chi connectivity index (χ1n) is 8.54. The standard InChI is InChI=1S/C19H15F5N2O4S/c1-31(28)29-10-18(20,21)12-3-2-4-13(8-12)26-15-9-14(30-19(22,23)24)6-5-11(15)7-16(26)17(25)27/h2-9H,10H2,1H3,(H2,25,27). The molecule has 0 spiro atoms. The Morgan fingerprint density at radius 1 is 1.10 bits per heavy atom. The first kappa shape index (κ1) is 22.7. The van der Waals surface area contributed by atoms with Gasteiger partial charge in [-0.1, -0.05) is 12.1 Å². The number of carbonyl (C=O) groups is 1. The summed E-state index contributed by atoms with van der Waals surface area (Å²) in [7, 11) is 0. The number of primary amides is 1. The Labute approximate surface area is 175 Å². The molecule has 2 aromatic carbocycles. The number of benzene rings is 2.